The second-order valence-corrected chi connectivity index (χ2v) is 3.65. The summed E-state index contributed by atoms with van der Waals surface area (Å²) in [5.41, 5.74) is 1.36. The van der Waals surface area contributed by atoms with Gasteiger partial charge in [-0.25, -0.2) is 4.52 Å². The van der Waals surface area contributed by atoms with Crippen molar-refractivity contribution in [1.29, 1.82) is 0 Å². The second kappa shape index (κ2) is 4.97. The van der Waals surface area contributed by atoms with E-state index in [2.05, 4.69) is 5.10 Å². The minimum Gasteiger partial charge on any atom is -0.491 e. The first kappa shape index (κ1) is 11.6. The molecule has 17 heavy (non-hydrogen) atoms. The summed E-state index contributed by atoms with van der Waals surface area (Å²) < 4.78 is 12.0. The van der Waals surface area contributed by atoms with E-state index in [9.17, 15) is 4.79 Å². The zero-order valence-corrected chi connectivity index (χ0v) is 9.84. The van der Waals surface area contributed by atoms with E-state index in [-0.39, 0.29) is 5.78 Å². The summed E-state index contributed by atoms with van der Waals surface area (Å²) in [6, 6.07) is 3.61. The number of ketones is 1. The van der Waals surface area contributed by atoms with Gasteiger partial charge in [0.15, 0.2) is 5.78 Å². The van der Waals surface area contributed by atoms with Crippen molar-refractivity contribution >= 4 is 11.3 Å². The Kier molecular flexibility index (Phi) is 3.39. The third-order valence-corrected chi connectivity index (χ3v) is 2.43. The molecule has 0 N–H and O–H groups in total. The van der Waals surface area contributed by atoms with E-state index < -0.39 is 0 Å². The van der Waals surface area contributed by atoms with Gasteiger partial charge >= 0.3 is 0 Å². The predicted molar refractivity (Wildman–Crippen MR) is 62.6 cm³/mol. The fraction of sp³-hybridized carbons (Fsp3) is 0.333. The Morgan fingerprint density at radius 3 is 3.00 bits per heavy atom. The number of carbonyl (C=O) groups excluding carboxylic acids is 1. The van der Waals surface area contributed by atoms with Crippen LogP contribution in [0.5, 0.6) is 5.75 Å². The molecule has 0 aliphatic heterocycles. The highest BCUT2D eigenvalue weighted by atomic mass is 16.5. The molecule has 90 valence electrons. The van der Waals surface area contributed by atoms with E-state index >= 15 is 0 Å². The topological polar surface area (TPSA) is 52.8 Å². The van der Waals surface area contributed by atoms with Gasteiger partial charge in [-0.15, -0.1) is 0 Å². The average Bonchev–Trinajstić information content (AvgIpc) is 2.72. The number of pyridine rings is 1. The summed E-state index contributed by atoms with van der Waals surface area (Å²) in [6.45, 7) is 2.54. The third-order valence-electron chi connectivity index (χ3n) is 2.43. The first-order chi connectivity index (χ1) is 8.22. The largest absolute Gasteiger partial charge is 0.491 e. The molecule has 2 rings (SSSR count). The standard InChI is InChI=1S/C12H14N2O3/c1-9(15)11-8-13-14-4-3-10(7-12(11)14)17-6-5-16-2/h3-4,7-8H,5-6H2,1-2H3. The summed E-state index contributed by atoms with van der Waals surface area (Å²) in [5, 5.41) is 4.09. The van der Waals surface area contributed by atoms with Gasteiger partial charge in [0.1, 0.15) is 12.4 Å². The number of Topliss-reactive ketones (excluding diaryl/α,β-unsaturated/α-hetero) is 1. The van der Waals surface area contributed by atoms with Crippen LogP contribution in [0.1, 0.15) is 17.3 Å². The highest BCUT2D eigenvalue weighted by Crippen LogP contribution is 2.18. The molecule has 0 fully saturated rings. The monoisotopic (exact) mass is 234 g/mol. The van der Waals surface area contributed by atoms with Crippen molar-refractivity contribution in [2.24, 2.45) is 0 Å². The van der Waals surface area contributed by atoms with Crippen LogP contribution in [0.15, 0.2) is 24.5 Å². The lowest BCUT2D eigenvalue weighted by Gasteiger charge is -2.05. The van der Waals surface area contributed by atoms with Crippen molar-refractivity contribution in [2.45, 2.75) is 6.92 Å². The molecule has 0 atom stereocenters. The molecule has 0 amide bonds. The summed E-state index contributed by atoms with van der Waals surface area (Å²) in [5.74, 6) is 0.701. The Bertz CT molecular complexity index is 534. The van der Waals surface area contributed by atoms with Gasteiger partial charge in [-0.05, 0) is 13.0 Å². The lowest BCUT2D eigenvalue weighted by atomic mass is 10.2. The van der Waals surface area contributed by atoms with Crippen LogP contribution in [-0.2, 0) is 4.74 Å². The molecule has 0 saturated carbocycles. The number of methoxy groups -OCH3 is 1. The Morgan fingerprint density at radius 1 is 1.47 bits per heavy atom. The number of ether oxygens (including phenoxy) is 2. The average molecular weight is 234 g/mol. The van der Waals surface area contributed by atoms with Crippen LogP contribution in [0.4, 0.5) is 0 Å². The van der Waals surface area contributed by atoms with Gasteiger partial charge in [-0.2, -0.15) is 5.10 Å². The molecular formula is C12H14N2O3. The molecule has 0 unspecified atom stereocenters. The third kappa shape index (κ3) is 2.45. The van der Waals surface area contributed by atoms with E-state index in [0.717, 1.165) is 5.52 Å². The molecule has 0 aliphatic rings. The van der Waals surface area contributed by atoms with Gasteiger partial charge in [0.2, 0.25) is 0 Å². The van der Waals surface area contributed by atoms with Crippen LogP contribution in [0, 0.1) is 0 Å². The summed E-state index contributed by atoms with van der Waals surface area (Å²) in [4.78, 5) is 11.4. The maximum atomic E-state index is 11.4. The summed E-state index contributed by atoms with van der Waals surface area (Å²) in [6.07, 6.45) is 3.33. The second-order valence-electron chi connectivity index (χ2n) is 3.65. The van der Waals surface area contributed by atoms with Gasteiger partial charge in [-0.3, -0.25) is 4.79 Å². The number of fused-ring (bicyclic) bond motifs is 1. The van der Waals surface area contributed by atoms with E-state index in [4.69, 9.17) is 9.47 Å². The molecule has 2 heterocycles. The van der Waals surface area contributed by atoms with Crippen molar-refractivity contribution < 1.29 is 14.3 Å². The lowest BCUT2D eigenvalue weighted by molar-refractivity contribution is 0.101. The Hall–Kier alpha value is -1.88. The van der Waals surface area contributed by atoms with E-state index in [1.807, 2.05) is 0 Å². The van der Waals surface area contributed by atoms with E-state index in [1.165, 1.54) is 6.92 Å². The van der Waals surface area contributed by atoms with Gasteiger partial charge in [0.25, 0.3) is 0 Å². The van der Waals surface area contributed by atoms with Gasteiger partial charge in [0, 0.05) is 19.4 Å². The number of nitrogens with zero attached hydrogens (tertiary/aromatic N) is 2. The molecule has 0 aromatic carbocycles. The van der Waals surface area contributed by atoms with Crippen molar-refractivity contribution in [2.75, 3.05) is 20.3 Å². The summed E-state index contributed by atoms with van der Waals surface area (Å²) >= 11 is 0. The van der Waals surface area contributed by atoms with Crippen LogP contribution >= 0.6 is 0 Å². The molecular weight excluding hydrogens is 220 g/mol. The predicted octanol–water partition coefficient (Wildman–Crippen LogP) is 1.56. The highest BCUT2D eigenvalue weighted by molar-refractivity contribution is 6.00. The first-order valence-electron chi connectivity index (χ1n) is 5.32. The van der Waals surface area contributed by atoms with Crippen LogP contribution < -0.4 is 4.74 Å². The lowest BCUT2D eigenvalue weighted by Crippen LogP contribution is -2.04. The smallest absolute Gasteiger partial charge is 0.163 e. The maximum Gasteiger partial charge on any atom is 0.163 e. The minimum atomic E-state index is -0.00552. The fourth-order valence-corrected chi connectivity index (χ4v) is 1.57. The molecule has 0 radical (unpaired) electrons. The first-order valence-corrected chi connectivity index (χ1v) is 5.32. The van der Waals surface area contributed by atoms with Crippen molar-refractivity contribution in [3.63, 3.8) is 0 Å². The highest BCUT2D eigenvalue weighted by Gasteiger charge is 2.09. The molecule has 0 aliphatic carbocycles. The fourth-order valence-electron chi connectivity index (χ4n) is 1.57. The number of carbonyl (C=O) groups is 1. The van der Waals surface area contributed by atoms with Crippen molar-refractivity contribution in [3.8, 4) is 5.75 Å². The molecule has 5 nitrogen and oxygen atoms in total. The van der Waals surface area contributed by atoms with Crippen LogP contribution in [0.25, 0.3) is 5.52 Å². The Morgan fingerprint density at radius 2 is 2.29 bits per heavy atom. The van der Waals surface area contributed by atoms with Crippen molar-refractivity contribution in [3.05, 3.63) is 30.1 Å². The van der Waals surface area contributed by atoms with Gasteiger partial charge in [-0.1, -0.05) is 0 Å². The molecule has 2 aromatic heterocycles. The van der Waals surface area contributed by atoms with Crippen LogP contribution in [-0.4, -0.2) is 35.7 Å². The normalized spacial score (nSPS) is 10.7. The molecule has 2 aromatic rings. The van der Waals surface area contributed by atoms with Crippen LogP contribution in [0.2, 0.25) is 0 Å². The number of hydrogen-bond donors (Lipinski definition) is 0. The van der Waals surface area contributed by atoms with Crippen molar-refractivity contribution in [1.82, 2.24) is 9.61 Å². The van der Waals surface area contributed by atoms with Gasteiger partial charge in [0.05, 0.1) is 23.9 Å². The Balaban J connectivity index is 2.28. The van der Waals surface area contributed by atoms with E-state index in [1.54, 1.807) is 36.2 Å². The number of hydrogen-bond acceptors (Lipinski definition) is 4. The molecule has 0 bridgehead atoms. The zero-order chi connectivity index (χ0) is 12.3. The number of aromatic nitrogens is 2. The minimum absolute atomic E-state index is 0.00552. The zero-order valence-electron chi connectivity index (χ0n) is 9.84. The quantitative estimate of drug-likeness (QED) is 0.582. The van der Waals surface area contributed by atoms with E-state index in [0.29, 0.717) is 24.5 Å². The Labute approximate surface area is 99.0 Å². The molecule has 0 spiro atoms. The maximum absolute atomic E-state index is 11.4. The molecule has 5 heteroatoms. The van der Waals surface area contributed by atoms with Gasteiger partial charge < -0.3 is 9.47 Å². The number of rotatable bonds is 5. The SMILES string of the molecule is COCCOc1ccn2ncc(C(C)=O)c2c1. The molecule has 0 saturated heterocycles. The van der Waals surface area contributed by atoms with Crippen LogP contribution in [0.3, 0.4) is 0 Å². The summed E-state index contributed by atoms with van der Waals surface area (Å²) in [7, 11) is 1.62.